The first kappa shape index (κ1) is 18.4. The summed E-state index contributed by atoms with van der Waals surface area (Å²) in [6.45, 7) is 5.40. The first-order chi connectivity index (χ1) is 11.3. The summed E-state index contributed by atoms with van der Waals surface area (Å²) in [6.07, 6.45) is -0.172. The molecule has 7 heteroatoms. The number of thiophene rings is 1. The van der Waals surface area contributed by atoms with Crippen LogP contribution in [0.2, 0.25) is 5.02 Å². The van der Waals surface area contributed by atoms with Gasteiger partial charge >= 0.3 is 5.97 Å². The second-order valence-corrected chi connectivity index (χ2v) is 6.78. The Kier molecular flexibility index (Phi) is 5.96. The van der Waals surface area contributed by atoms with Gasteiger partial charge in [-0.15, -0.1) is 11.3 Å². The molecule has 0 fully saturated rings. The highest BCUT2D eigenvalue weighted by atomic mass is 35.5. The molecule has 4 nitrogen and oxygen atoms in total. The number of carbonyl (C=O) groups excluding carboxylic acids is 2. The molecule has 2 aromatic rings. The van der Waals surface area contributed by atoms with Crippen molar-refractivity contribution in [1.29, 1.82) is 0 Å². The van der Waals surface area contributed by atoms with Crippen molar-refractivity contribution in [2.75, 3.05) is 5.32 Å². The Morgan fingerprint density at radius 3 is 2.67 bits per heavy atom. The van der Waals surface area contributed by atoms with Crippen LogP contribution in [-0.4, -0.2) is 18.0 Å². The fourth-order valence-electron chi connectivity index (χ4n) is 2.07. The minimum Gasteiger partial charge on any atom is -0.448 e. The third-order valence-electron chi connectivity index (χ3n) is 3.38. The quantitative estimate of drug-likeness (QED) is 0.784. The van der Waals surface area contributed by atoms with Crippen molar-refractivity contribution in [3.63, 3.8) is 0 Å². The lowest BCUT2D eigenvalue weighted by molar-refractivity contribution is -0.123. The summed E-state index contributed by atoms with van der Waals surface area (Å²) in [7, 11) is 0. The van der Waals surface area contributed by atoms with Crippen molar-refractivity contribution in [3.05, 3.63) is 50.4 Å². The maximum atomic E-state index is 13.0. The van der Waals surface area contributed by atoms with Crippen molar-refractivity contribution in [2.24, 2.45) is 0 Å². The molecule has 0 aliphatic heterocycles. The second-order valence-electron chi connectivity index (χ2n) is 5.23. The van der Waals surface area contributed by atoms with Crippen LogP contribution in [0.4, 0.5) is 10.1 Å². The van der Waals surface area contributed by atoms with Crippen LogP contribution in [0.5, 0.6) is 0 Å². The van der Waals surface area contributed by atoms with Crippen LogP contribution < -0.4 is 5.32 Å². The van der Waals surface area contributed by atoms with Gasteiger partial charge < -0.3 is 10.1 Å². The van der Waals surface area contributed by atoms with Crippen LogP contribution in [0.25, 0.3) is 0 Å². The molecule has 0 aliphatic rings. The van der Waals surface area contributed by atoms with Crippen LogP contribution in [0.15, 0.2) is 24.3 Å². The first-order valence-electron chi connectivity index (χ1n) is 7.38. The molecule has 1 atom stereocenters. The second kappa shape index (κ2) is 7.77. The van der Waals surface area contributed by atoms with E-state index < -0.39 is 23.8 Å². The number of anilines is 1. The van der Waals surface area contributed by atoms with Crippen molar-refractivity contribution in [1.82, 2.24) is 0 Å². The molecule has 1 aromatic carbocycles. The largest absolute Gasteiger partial charge is 0.448 e. The number of hydrogen-bond acceptors (Lipinski definition) is 4. The lowest BCUT2D eigenvalue weighted by Gasteiger charge is -2.13. The van der Waals surface area contributed by atoms with E-state index in [0.717, 1.165) is 22.9 Å². The summed E-state index contributed by atoms with van der Waals surface area (Å²) < 4.78 is 18.2. The van der Waals surface area contributed by atoms with Gasteiger partial charge in [0, 0.05) is 4.88 Å². The normalized spacial score (nSPS) is 11.9. The SMILES string of the molecule is CCc1sc(C(=O)O[C@@H](C)C(=O)Nc2ccc(F)cc2Cl)cc1C. The number of amides is 1. The van der Waals surface area contributed by atoms with Crippen LogP contribution in [0, 0.1) is 12.7 Å². The molecule has 0 spiro atoms. The minimum absolute atomic E-state index is 0.0725. The molecule has 1 amide bonds. The predicted molar refractivity (Wildman–Crippen MR) is 93.4 cm³/mol. The average Bonchev–Trinajstić information content (AvgIpc) is 2.91. The van der Waals surface area contributed by atoms with Gasteiger partial charge in [-0.05, 0) is 50.1 Å². The highest BCUT2D eigenvalue weighted by molar-refractivity contribution is 7.14. The molecule has 24 heavy (non-hydrogen) atoms. The number of halogens is 2. The smallest absolute Gasteiger partial charge is 0.349 e. The zero-order chi connectivity index (χ0) is 17.9. The summed E-state index contributed by atoms with van der Waals surface area (Å²) in [6, 6.07) is 5.38. The number of benzene rings is 1. The number of carbonyl (C=O) groups is 2. The lowest BCUT2D eigenvalue weighted by atomic mass is 10.2. The van der Waals surface area contributed by atoms with Gasteiger partial charge in [0.15, 0.2) is 6.10 Å². The van der Waals surface area contributed by atoms with Crippen LogP contribution in [0.3, 0.4) is 0 Å². The van der Waals surface area contributed by atoms with Gasteiger partial charge in [-0.25, -0.2) is 9.18 Å². The molecule has 1 aromatic heterocycles. The molecule has 0 saturated carbocycles. The molecule has 2 rings (SSSR count). The number of esters is 1. The monoisotopic (exact) mass is 369 g/mol. The Balaban J connectivity index is 2.01. The molecule has 0 aliphatic carbocycles. The third kappa shape index (κ3) is 4.33. The van der Waals surface area contributed by atoms with E-state index in [1.54, 1.807) is 6.07 Å². The molecule has 0 bridgehead atoms. The topological polar surface area (TPSA) is 55.4 Å². The molecular formula is C17H17ClFNO3S. The van der Waals surface area contributed by atoms with E-state index in [0.29, 0.717) is 4.88 Å². The number of aryl methyl sites for hydroxylation is 2. The summed E-state index contributed by atoms with van der Waals surface area (Å²) in [5.74, 6) is -1.59. The molecule has 1 N–H and O–H groups in total. The maximum Gasteiger partial charge on any atom is 0.349 e. The summed E-state index contributed by atoms with van der Waals surface area (Å²) in [5.41, 5.74) is 1.29. The van der Waals surface area contributed by atoms with Crippen molar-refractivity contribution < 1.29 is 18.7 Å². The van der Waals surface area contributed by atoms with Gasteiger partial charge in [0.05, 0.1) is 10.7 Å². The molecule has 0 unspecified atom stereocenters. The summed E-state index contributed by atoms with van der Waals surface area (Å²) in [4.78, 5) is 25.8. The number of nitrogens with one attached hydrogen (secondary N) is 1. The number of rotatable bonds is 5. The highest BCUT2D eigenvalue weighted by Crippen LogP contribution is 2.24. The number of ether oxygens (including phenoxy) is 1. The standard InChI is InChI=1S/C17H17ClFNO3S/c1-4-14-9(2)7-15(24-14)17(22)23-10(3)16(21)20-13-6-5-11(19)8-12(13)18/h5-8,10H,4H2,1-3H3,(H,20,21)/t10-/m0/s1. The van der Waals surface area contributed by atoms with E-state index in [2.05, 4.69) is 5.32 Å². The van der Waals surface area contributed by atoms with Crippen molar-refractivity contribution in [2.45, 2.75) is 33.3 Å². The van der Waals surface area contributed by atoms with Crippen LogP contribution >= 0.6 is 22.9 Å². The molecule has 128 valence electrons. The van der Waals surface area contributed by atoms with E-state index >= 15 is 0 Å². The summed E-state index contributed by atoms with van der Waals surface area (Å²) in [5, 5.41) is 2.58. The third-order valence-corrected chi connectivity index (χ3v) is 5.06. The fraction of sp³-hybridized carbons (Fsp3) is 0.294. The lowest BCUT2D eigenvalue weighted by Crippen LogP contribution is -2.29. The predicted octanol–water partition coefficient (Wildman–Crippen LogP) is 4.60. The molecule has 1 heterocycles. The fourth-order valence-corrected chi connectivity index (χ4v) is 3.28. The van der Waals surface area contributed by atoms with E-state index in [-0.39, 0.29) is 10.7 Å². The number of hydrogen-bond donors (Lipinski definition) is 1. The Labute approximate surface area is 148 Å². The van der Waals surface area contributed by atoms with E-state index in [9.17, 15) is 14.0 Å². The van der Waals surface area contributed by atoms with Gasteiger partial charge in [0.1, 0.15) is 10.7 Å². The van der Waals surface area contributed by atoms with Crippen molar-refractivity contribution in [3.8, 4) is 0 Å². The Bertz CT molecular complexity index is 775. The van der Waals surface area contributed by atoms with Crippen LogP contribution in [-0.2, 0) is 16.0 Å². The van der Waals surface area contributed by atoms with E-state index in [4.69, 9.17) is 16.3 Å². The Morgan fingerprint density at radius 1 is 1.38 bits per heavy atom. The van der Waals surface area contributed by atoms with Crippen LogP contribution in [0.1, 0.15) is 34.0 Å². The van der Waals surface area contributed by atoms with Gasteiger partial charge in [-0.3, -0.25) is 4.79 Å². The van der Waals surface area contributed by atoms with E-state index in [1.807, 2.05) is 13.8 Å². The average molecular weight is 370 g/mol. The zero-order valence-electron chi connectivity index (χ0n) is 13.5. The maximum absolute atomic E-state index is 13.0. The first-order valence-corrected chi connectivity index (χ1v) is 8.57. The van der Waals surface area contributed by atoms with Gasteiger partial charge in [0.25, 0.3) is 5.91 Å². The Hall–Kier alpha value is -1.92. The van der Waals surface area contributed by atoms with Gasteiger partial charge in [-0.1, -0.05) is 18.5 Å². The van der Waals surface area contributed by atoms with E-state index in [1.165, 1.54) is 30.4 Å². The molecular weight excluding hydrogens is 353 g/mol. The molecule has 0 radical (unpaired) electrons. The minimum atomic E-state index is -1.01. The van der Waals surface area contributed by atoms with Crippen molar-refractivity contribution >= 4 is 40.5 Å². The van der Waals surface area contributed by atoms with Gasteiger partial charge in [-0.2, -0.15) is 0 Å². The Morgan fingerprint density at radius 2 is 2.08 bits per heavy atom. The molecule has 0 saturated heterocycles. The van der Waals surface area contributed by atoms with Gasteiger partial charge in [0.2, 0.25) is 0 Å². The zero-order valence-corrected chi connectivity index (χ0v) is 15.1. The summed E-state index contributed by atoms with van der Waals surface area (Å²) >= 11 is 7.22. The highest BCUT2D eigenvalue weighted by Gasteiger charge is 2.21.